The van der Waals surface area contributed by atoms with Crippen LogP contribution in [0.2, 0.25) is 0 Å². The molecule has 0 aromatic rings. The highest BCUT2D eigenvalue weighted by molar-refractivity contribution is 9.09. The van der Waals surface area contributed by atoms with Crippen molar-refractivity contribution in [1.82, 2.24) is 0 Å². The van der Waals surface area contributed by atoms with E-state index in [2.05, 4.69) is 15.9 Å². The maximum atomic E-state index is 5.67. The first-order valence-corrected chi connectivity index (χ1v) is 4.14. The Bertz CT molecular complexity index is 51.7. The molecule has 0 radical (unpaired) electrons. The second-order valence-corrected chi connectivity index (χ2v) is 2.68. The highest BCUT2D eigenvalue weighted by Gasteiger charge is 1.98. The lowest BCUT2D eigenvalue weighted by molar-refractivity contribution is 0.151. The van der Waals surface area contributed by atoms with Crippen molar-refractivity contribution in [3.05, 3.63) is 0 Å². The van der Waals surface area contributed by atoms with Crippen LogP contribution in [-0.2, 0) is 4.74 Å². The zero-order chi connectivity index (χ0) is 6.41. The molecule has 8 heavy (non-hydrogen) atoms. The molecule has 1 atom stereocenters. The van der Waals surface area contributed by atoms with Gasteiger partial charge in [0.1, 0.15) is 0 Å². The second kappa shape index (κ2) is 5.86. The van der Waals surface area contributed by atoms with Crippen LogP contribution in [-0.4, -0.2) is 23.9 Å². The van der Waals surface area contributed by atoms with Crippen molar-refractivity contribution in [3.63, 3.8) is 0 Å². The Morgan fingerprint density at radius 2 is 2.38 bits per heavy atom. The summed E-state index contributed by atoms with van der Waals surface area (Å²) in [5, 5.41) is 0.920. The van der Waals surface area contributed by atoms with E-state index in [4.69, 9.17) is 16.3 Å². The molecule has 50 valence electrons. The summed E-state index contributed by atoms with van der Waals surface area (Å²) in [6.45, 7) is 3.34. The van der Waals surface area contributed by atoms with E-state index in [-0.39, 0.29) is 5.38 Å². The SMILES string of the molecule is CCOCC(Cl)CBr. The molecule has 3 heteroatoms. The van der Waals surface area contributed by atoms with Gasteiger partial charge in [0.25, 0.3) is 0 Å². The molecular weight excluding hydrogens is 191 g/mol. The van der Waals surface area contributed by atoms with E-state index >= 15 is 0 Å². The second-order valence-electron chi connectivity index (χ2n) is 1.41. The van der Waals surface area contributed by atoms with Crippen LogP contribution in [0.5, 0.6) is 0 Å². The molecule has 0 spiro atoms. The van der Waals surface area contributed by atoms with Crippen molar-refractivity contribution in [2.75, 3.05) is 18.5 Å². The maximum absolute atomic E-state index is 5.67. The molecule has 1 nitrogen and oxygen atoms in total. The third kappa shape index (κ3) is 4.88. The highest BCUT2D eigenvalue weighted by Crippen LogP contribution is 1.99. The van der Waals surface area contributed by atoms with Gasteiger partial charge in [-0.2, -0.15) is 0 Å². The fraction of sp³-hybridized carbons (Fsp3) is 1.00. The lowest BCUT2D eigenvalue weighted by Crippen LogP contribution is -2.09. The van der Waals surface area contributed by atoms with Crippen LogP contribution in [0.3, 0.4) is 0 Å². The molecule has 0 saturated heterocycles. The molecule has 0 N–H and O–H groups in total. The van der Waals surface area contributed by atoms with Crippen molar-refractivity contribution in [3.8, 4) is 0 Å². The molecule has 0 saturated carbocycles. The molecule has 1 unspecified atom stereocenters. The highest BCUT2D eigenvalue weighted by atomic mass is 79.9. The summed E-state index contributed by atoms with van der Waals surface area (Å²) in [6, 6.07) is 0. The third-order valence-corrected chi connectivity index (χ3v) is 2.10. The van der Waals surface area contributed by atoms with E-state index in [1.807, 2.05) is 6.92 Å². The van der Waals surface area contributed by atoms with Crippen molar-refractivity contribution in [2.45, 2.75) is 12.3 Å². The Labute approximate surface area is 63.5 Å². The van der Waals surface area contributed by atoms with Gasteiger partial charge in [-0.1, -0.05) is 15.9 Å². The predicted octanol–water partition coefficient (Wildman–Crippen LogP) is 2.03. The van der Waals surface area contributed by atoms with Gasteiger partial charge in [0.15, 0.2) is 0 Å². The molecule has 0 rings (SSSR count). The largest absolute Gasteiger partial charge is 0.380 e. The van der Waals surface area contributed by atoms with Gasteiger partial charge in [-0.15, -0.1) is 11.6 Å². The summed E-state index contributed by atoms with van der Waals surface area (Å²) in [4.78, 5) is 0. The smallest absolute Gasteiger partial charge is 0.0666 e. The lowest BCUT2D eigenvalue weighted by atomic mass is 10.5. The topological polar surface area (TPSA) is 9.23 Å². The van der Waals surface area contributed by atoms with Gasteiger partial charge in [0, 0.05) is 11.9 Å². The van der Waals surface area contributed by atoms with Gasteiger partial charge >= 0.3 is 0 Å². The zero-order valence-electron chi connectivity index (χ0n) is 4.86. The summed E-state index contributed by atoms with van der Waals surface area (Å²) >= 11 is 8.91. The van der Waals surface area contributed by atoms with Gasteiger partial charge in [-0.25, -0.2) is 0 Å². The minimum Gasteiger partial charge on any atom is -0.380 e. The van der Waals surface area contributed by atoms with Crippen LogP contribution >= 0.6 is 27.5 Å². The fourth-order valence-corrected chi connectivity index (χ4v) is 0.566. The molecular formula is C5H10BrClO. The molecule has 0 aliphatic carbocycles. The fourth-order valence-electron chi connectivity index (χ4n) is 0.290. The first kappa shape index (κ1) is 8.73. The van der Waals surface area contributed by atoms with Gasteiger partial charge in [-0.3, -0.25) is 0 Å². The first-order chi connectivity index (χ1) is 3.81. The van der Waals surface area contributed by atoms with Crippen LogP contribution in [0.4, 0.5) is 0 Å². The van der Waals surface area contributed by atoms with Gasteiger partial charge in [0.05, 0.1) is 12.0 Å². The summed E-state index contributed by atoms with van der Waals surface area (Å²) in [5.41, 5.74) is 0. The van der Waals surface area contributed by atoms with E-state index < -0.39 is 0 Å². The van der Waals surface area contributed by atoms with Crippen molar-refractivity contribution < 1.29 is 4.74 Å². The summed E-state index contributed by atoms with van der Waals surface area (Å²) < 4.78 is 5.02. The zero-order valence-corrected chi connectivity index (χ0v) is 7.20. The molecule has 0 aliphatic rings. The maximum Gasteiger partial charge on any atom is 0.0666 e. The van der Waals surface area contributed by atoms with Crippen LogP contribution < -0.4 is 0 Å². The normalized spacial score (nSPS) is 13.9. The molecule has 0 aromatic heterocycles. The average molecular weight is 201 g/mol. The lowest BCUT2D eigenvalue weighted by Gasteiger charge is -2.02. The van der Waals surface area contributed by atoms with E-state index in [0.717, 1.165) is 11.9 Å². The molecule has 0 amide bonds. The Hall–Kier alpha value is 0.730. The van der Waals surface area contributed by atoms with Gasteiger partial charge in [0.2, 0.25) is 0 Å². The molecule has 0 heterocycles. The van der Waals surface area contributed by atoms with Crippen molar-refractivity contribution in [1.29, 1.82) is 0 Å². The van der Waals surface area contributed by atoms with Crippen LogP contribution in [0.1, 0.15) is 6.92 Å². The minimum absolute atomic E-state index is 0.120. The Morgan fingerprint density at radius 1 is 1.75 bits per heavy atom. The summed E-state index contributed by atoms with van der Waals surface area (Å²) in [7, 11) is 0. The molecule has 0 bridgehead atoms. The molecule has 0 aromatic carbocycles. The Kier molecular flexibility index (Phi) is 6.39. The average Bonchev–Trinajstić information content (AvgIpc) is 1.83. The summed E-state index contributed by atoms with van der Waals surface area (Å²) in [6.07, 6.45) is 0. The van der Waals surface area contributed by atoms with Crippen LogP contribution in [0.25, 0.3) is 0 Å². The Balaban J connectivity index is 2.86. The van der Waals surface area contributed by atoms with E-state index in [0.29, 0.717) is 6.61 Å². The summed E-state index contributed by atoms with van der Waals surface area (Å²) in [5.74, 6) is 0. The predicted molar refractivity (Wildman–Crippen MR) is 39.9 cm³/mol. The first-order valence-electron chi connectivity index (χ1n) is 2.59. The minimum atomic E-state index is 0.120. The number of ether oxygens (including phenoxy) is 1. The molecule has 0 aliphatic heterocycles. The Morgan fingerprint density at radius 3 is 2.75 bits per heavy atom. The number of halogens is 2. The van der Waals surface area contributed by atoms with Gasteiger partial charge < -0.3 is 4.74 Å². The van der Waals surface area contributed by atoms with Crippen molar-refractivity contribution in [2.24, 2.45) is 0 Å². The number of alkyl halides is 2. The van der Waals surface area contributed by atoms with E-state index in [9.17, 15) is 0 Å². The third-order valence-electron chi connectivity index (χ3n) is 0.670. The quantitative estimate of drug-likeness (QED) is 0.633. The van der Waals surface area contributed by atoms with E-state index in [1.54, 1.807) is 0 Å². The number of hydrogen-bond donors (Lipinski definition) is 0. The number of rotatable bonds is 4. The standard InChI is InChI=1S/C5H10BrClO/c1-2-8-4-5(7)3-6/h5H,2-4H2,1H3. The van der Waals surface area contributed by atoms with Crippen LogP contribution in [0, 0.1) is 0 Å². The number of hydrogen-bond acceptors (Lipinski definition) is 1. The van der Waals surface area contributed by atoms with Gasteiger partial charge in [-0.05, 0) is 6.92 Å². The molecule has 0 fully saturated rings. The van der Waals surface area contributed by atoms with Crippen LogP contribution in [0.15, 0.2) is 0 Å². The monoisotopic (exact) mass is 200 g/mol. The van der Waals surface area contributed by atoms with E-state index in [1.165, 1.54) is 0 Å². The van der Waals surface area contributed by atoms with Crippen molar-refractivity contribution >= 4 is 27.5 Å².